The first-order valence-corrected chi connectivity index (χ1v) is 6.39. The standard InChI is InChI=1S/C15H14N4O2/c1-10-5-3-4-6-13(10)11(2)18-15-14(19(20)21)7-12(8-16)9-17-15/h3-7,9,11H,1-2H3,(H,17,18). The van der Waals surface area contributed by atoms with E-state index in [0.717, 1.165) is 11.1 Å². The van der Waals surface area contributed by atoms with Crippen molar-refractivity contribution in [2.24, 2.45) is 0 Å². The number of anilines is 1. The molecule has 0 aliphatic rings. The number of nitrogens with zero attached hydrogens (tertiary/aromatic N) is 3. The summed E-state index contributed by atoms with van der Waals surface area (Å²) in [6.45, 7) is 3.89. The minimum atomic E-state index is -0.541. The van der Waals surface area contributed by atoms with E-state index in [9.17, 15) is 10.1 Å². The molecule has 0 bridgehead atoms. The van der Waals surface area contributed by atoms with E-state index >= 15 is 0 Å². The van der Waals surface area contributed by atoms with Crippen LogP contribution < -0.4 is 5.32 Å². The molecule has 0 saturated heterocycles. The van der Waals surface area contributed by atoms with Gasteiger partial charge in [0.1, 0.15) is 6.07 Å². The summed E-state index contributed by atoms with van der Waals surface area (Å²) in [5, 5.41) is 22.9. The number of hydrogen-bond donors (Lipinski definition) is 1. The number of nitro groups is 1. The van der Waals surface area contributed by atoms with Gasteiger partial charge in [-0.25, -0.2) is 4.98 Å². The van der Waals surface area contributed by atoms with Crippen LogP contribution in [0.1, 0.15) is 29.7 Å². The minimum Gasteiger partial charge on any atom is -0.358 e. The number of nitrogens with one attached hydrogen (secondary N) is 1. The molecule has 1 atom stereocenters. The van der Waals surface area contributed by atoms with Crippen molar-refractivity contribution < 1.29 is 4.92 Å². The molecule has 21 heavy (non-hydrogen) atoms. The van der Waals surface area contributed by atoms with Crippen LogP contribution in [0.15, 0.2) is 36.5 Å². The fourth-order valence-electron chi connectivity index (χ4n) is 2.12. The number of pyridine rings is 1. The predicted octanol–water partition coefficient (Wildman–Crippen LogP) is 3.34. The van der Waals surface area contributed by atoms with E-state index < -0.39 is 4.92 Å². The molecule has 6 heteroatoms. The highest BCUT2D eigenvalue weighted by atomic mass is 16.6. The molecular weight excluding hydrogens is 268 g/mol. The van der Waals surface area contributed by atoms with Gasteiger partial charge < -0.3 is 5.32 Å². The van der Waals surface area contributed by atoms with Gasteiger partial charge in [-0.3, -0.25) is 10.1 Å². The van der Waals surface area contributed by atoms with Crippen LogP contribution in [0.25, 0.3) is 0 Å². The van der Waals surface area contributed by atoms with Crippen LogP contribution in [0.4, 0.5) is 11.5 Å². The maximum Gasteiger partial charge on any atom is 0.312 e. The summed E-state index contributed by atoms with van der Waals surface area (Å²) >= 11 is 0. The number of aryl methyl sites for hydroxylation is 1. The summed E-state index contributed by atoms with van der Waals surface area (Å²) in [5.41, 5.74) is 2.09. The fraction of sp³-hybridized carbons (Fsp3) is 0.200. The normalized spacial score (nSPS) is 11.5. The lowest BCUT2D eigenvalue weighted by molar-refractivity contribution is -0.384. The summed E-state index contributed by atoms with van der Waals surface area (Å²) in [7, 11) is 0. The highest BCUT2D eigenvalue weighted by Gasteiger charge is 2.19. The van der Waals surface area contributed by atoms with Crippen LogP contribution in [0, 0.1) is 28.4 Å². The Labute approximate surface area is 122 Å². The number of rotatable bonds is 4. The second-order valence-corrected chi connectivity index (χ2v) is 4.68. The summed E-state index contributed by atoms with van der Waals surface area (Å²) in [6, 6.07) is 10.7. The van der Waals surface area contributed by atoms with Crippen LogP contribution in [0.3, 0.4) is 0 Å². The van der Waals surface area contributed by atoms with Gasteiger partial charge in [-0.15, -0.1) is 0 Å². The predicted molar refractivity (Wildman–Crippen MR) is 78.8 cm³/mol. The molecule has 1 aromatic carbocycles. The smallest absolute Gasteiger partial charge is 0.312 e. The Hall–Kier alpha value is -2.94. The van der Waals surface area contributed by atoms with E-state index in [1.165, 1.54) is 12.3 Å². The lowest BCUT2D eigenvalue weighted by Crippen LogP contribution is -2.11. The van der Waals surface area contributed by atoms with E-state index in [-0.39, 0.29) is 23.1 Å². The van der Waals surface area contributed by atoms with Gasteiger partial charge in [-0.05, 0) is 25.0 Å². The molecule has 1 aromatic heterocycles. The molecule has 1 N–H and O–H groups in total. The molecule has 0 spiro atoms. The van der Waals surface area contributed by atoms with Crippen molar-refractivity contribution in [2.45, 2.75) is 19.9 Å². The maximum atomic E-state index is 11.1. The van der Waals surface area contributed by atoms with E-state index in [4.69, 9.17) is 5.26 Å². The average Bonchev–Trinajstić information content (AvgIpc) is 2.47. The van der Waals surface area contributed by atoms with E-state index in [1.807, 2.05) is 44.2 Å². The Balaban J connectivity index is 2.34. The zero-order valence-corrected chi connectivity index (χ0v) is 11.7. The van der Waals surface area contributed by atoms with Gasteiger partial charge in [0.05, 0.1) is 16.5 Å². The van der Waals surface area contributed by atoms with Crippen molar-refractivity contribution in [3.05, 3.63) is 63.3 Å². The van der Waals surface area contributed by atoms with Crippen LogP contribution in [0.2, 0.25) is 0 Å². The van der Waals surface area contributed by atoms with Crippen molar-refractivity contribution in [1.29, 1.82) is 5.26 Å². The van der Waals surface area contributed by atoms with Crippen molar-refractivity contribution in [1.82, 2.24) is 4.98 Å². The second kappa shape index (κ2) is 6.01. The molecule has 2 aromatic rings. The van der Waals surface area contributed by atoms with Gasteiger partial charge in [0.15, 0.2) is 0 Å². The summed E-state index contributed by atoms with van der Waals surface area (Å²) in [4.78, 5) is 14.5. The molecule has 6 nitrogen and oxygen atoms in total. The van der Waals surface area contributed by atoms with Crippen LogP contribution in [0.5, 0.6) is 0 Å². The SMILES string of the molecule is Cc1ccccc1C(C)Nc1ncc(C#N)cc1[N+](=O)[O-]. The Morgan fingerprint density at radius 3 is 2.76 bits per heavy atom. The average molecular weight is 282 g/mol. The third-order valence-electron chi connectivity index (χ3n) is 3.20. The summed E-state index contributed by atoms with van der Waals surface area (Å²) in [6.07, 6.45) is 1.32. The molecule has 0 fully saturated rings. The molecule has 0 amide bonds. The molecule has 0 aliphatic heterocycles. The second-order valence-electron chi connectivity index (χ2n) is 4.68. The first-order chi connectivity index (χ1) is 10.0. The van der Waals surface area contributed by atoms with E-state index in [0.29, 0.717) is 0 Å². The monoisotopic (exact) mass is 282 g/mol. The molecule has 1 unspecified atom stereocenters. The maximum absolute atomic E-state index is 11.1. The Kier molecular flexibility index (Phi) is 4.14. The van der Waals surface area contributed by atoms with Crippen molar-refractivity contribution in [2.75, 3.05) is 5.32 Å². The molecule has 0 radical (unpaired) electrons. The quantitative estimate of drug-likeness (QED) is 0.685. The van der Waals surface area contributed by atoms with Crippen LogP contribution >= 0.6 is 0 Å². The van der Waals surface area contributed by atoms with Crippen LogP contribution in [-0.4, -0.2) is 9.91 Å². The Bertz CT molecular complexity index is 722. The number of aromatic nitrogens is 1. The lowest BCUT2D eigenvalue weighted by atomic mass is 10.0. The topological polar surface area (TPSA) is 91.8 Å². The lowest BCUT2D eigenvalue weighted by Gasteiger charge is -2.17. The summed E-state index contributed by atoms with van der Waals surface area (Å²) in [5.74, 6) is 0.162. The largest absolute Gasteiger partial charge is 0.358 e. The van der Waals surface area contributed by atoms with E-state index in [1.54, 1.807) is 0 Å². The number of benzene rings is 1. The highest BCUT2D eigenvalue weighted by Crippen LogP contribution is 2.27. The van der Waals surface area contributed by atoms with Crippen molar-refractivity contribution >= 4 is 11.5 Å². The van der Waals surface area contributed by atoms with Gasteiger partial charge in [0, 0.05) is 12.3 Å². The van der Waals surface area contributed by atoms with Crippen molar-refractivity contribution in [3.8, 4) is 6.07 Å². The third-order valence-corrected chi connectivity index (χ3v) is 3.20. The van der Waals surface area contributed by atoms with Gasteiger partial charge in [0.2, 0.25) is 5.82 Å². The van der Waals surface area contributed by atoms with Gasteiger partial charge in [-0.2, -0.15) is 5.26 Å². The number of nitriles is 1. The molecule has 1 heterocycles. The molecule has 0 aliphatic carbocycles. The first kappa shape index (κ1) is 14.5. The number of hydrogen-bond acceptors (Lipinski definition) is 5. The van der Waals surface area contributed by atoms with Gasteiger partial charge >= 0.3 is 5.69 Å². The first-order valence-electron chi connectivity index (χ1n) is 6.39. The third kappa shape index (κ3) is 3.15. The minimum absolute atomic E-state index is 0.134. The molecular formula is C15H14N4O2. The summed E-state index contributed by atoms with van der Waals surface area (Å²) < 4.78 is 0. The molecule has 2 rings (SSSR count). The molecule has 0 saturated carbocycles. The van der Waals surface area contributed by atoms with Gasteiger partial charge in [0.25, 0.3) is 0 Å². The Morgan fingerprint density at radius 2 is 2.14 bits per heavy atom. The van der Waals surface area contributed by atoms with E-state index in [2.05, 4.69) is 10.3 Å². The van der Waals surface area contributed by atoms with Gasteiger partial charge in [-0.1, -0.05) is 24.3 Å². The highest BCUT2D eigenvalue weighted by molar-refractivity contribution is 5.59. The van der Waals surface area contributed by atoms with Crippen molar-refractivity contribution in [3.63, 3.8) is 0 Å². The molecule has 106 valence electrons. The Morgan fingerprint density at radius 1 is 1.43 bits per heavy atom. The fourth-order valence-corrected chi connectivity index (χ4v) is 2.12. The zero-order valence-electron chi connectivity index (χ0n) is 11.7. The van der Waals surface area contributed by atoms with Crippen LogP contribution in [-0.2, 0) is 0 Å². The zero-order chi connectivity index (χ0) is 15.4.